The first kappa shape index (κ1) is 14.0. The molecule has 112 valence electrons. The maximum atomic E-state index is 12.3. The van der Waals surface area contributed by atoms with Crippen molar-refractivity contribution in [3.05, 3.63) is 39.0 Å². The van der Waals surface area contributed by atoms with Gasteiger partial charge in [-0.1, -0.05) is 0 Å². The Balaban J connectivity index is 2.08. The van der Waals surface area contributed by atoms with Crippen LogP contribution in [0.2, 0.25) is 0 Å². The Morgan fingerprint density at radius 2 is 1.95 bits per heavy atom. The number of benzene rings is 1. The van der Waals surface area contributed by atoms with E-state index >= 15 is 0 Å². The van der Waals surface area contributed by atoms with Crippen LogP contribution in [-0.4, -0.2) is 37.1 Å². The monoisotopic (exact) mass is 311 g/mol. The third-order valence-electron chi connectivity index (χ3n) is 3.24. The fourth-order valence-corrected chi connectivity index (χ4v) is 3.57. The second-order valence-electron chi connectivity index (χ2n) is 5.27. The van der Waals surface area contributed by atoms with Gasteiger partial charge >= 0.3 is 5.69 Å². The van der Waals surface area contributed by atoms with Gasteiger partial charge in [0.2, 0.25) is 10.0 Å². The molecule has 0 aliphatic carbocycles. The number of aromatic nitrogens is 2. The molecular formula is C12H13N3O5S. The number of hydrogen-bond acceptors (Lipinski definition) is 5. The third-order valence-corrected chi connectivity index (χ3v) is 4.88. The predicted molar refractivity (Wildman–Crippen MR) is 74.7 cm³/mol. The van der Waals surface area contributed by atoms with Gasteiger partial charge in [-0.25, -0.2) is 17.9 Å². The van der Waals surface area contributed by atoms with Crippen LogP contribution in [0.3, 0.4) is 0 Å². The lowest BCUT2D eigenvalue weighted by atomic mass is 10.0. The van der Waals surface area contributed by atoms with Gasteiger partial charge in [-0.05, 0) is 25.1 Å². The minimum atomic E-state index is -3.77. The van der Waals surface area contributed by atoms with Crippen LogP contribution >= 0.6 is 0 Å². The average Bonchev–Trinajstić information content (AvgIpc) is 2.35. The van der Waals surface area contributed by atoms with E-state index in [2.05, 4.69) is 14.7 Å². The normalized spacial score (nSPS) is 17.6. The summed E-state index contributed by atoms with van der Waals surface area (Å²) in [5.41, 5.74) is -1.63. The van der Waals surface area contributed by atoms with Crippen molar-refractivity contribution in [2.45, 2.75) is 17.4 Å². The Morgan fingerprint density at radius 1 is 1.24 bits per heavy atom. The Morgan fingerprint density at radius 3 is 2.57 bits per heavy atom. The SMILES string of the molecule is CC1(NS(=O)(=O)c2ccc3[nH]c(=O)[nH]c(=O)c3c2)COC1. The van der Waals surface area contributed by atoms with E-state index in [1.54, 1.807) is 6.92 Å². The zero-order chi connectivity index (χ0) is 15.3. The molecule has 1 aliphatic heterocycles. The van der Waals surface area contributed by atoms with Crippen LogP contribution < -0.4 is 16.0 Å². The van der Waals surface area contributed by atoms with Crippen LogP contribution in [0.25, 0.3) is 10.9 Å². The van der Waals surface area contributed by atoms with E-state index in [0.29, 0.717) is 13.2 Å². The Kier molecular flexibility index (Phi) is 3.01. The van der Waals surface area contributed by atoms with E-state index in [-0.39, 0.29) is 15.8 Å². The van der Waals surface area contributed by atoms with Crippen LogP contribution in [0.1, 0.15) is 6.92 Å². The van der Waals surface area contributed by atoms with Crippen molar-refractivity contribution in [1.82, 2.24) is 14.7 Å². The van der Waals surface area contributed by atoms with Crippen molar-refractivity contribution in [2.75, 3.05) is 13.2 Å². The lowest BCUT2D eigenvalue weighted by Gasteiger charge is -2.38. The molecule has 0 spiro atoms. The maximum Gasteiger partial charge on any atom is 0.326 e. The van der Waals surface area contributed by atoms with Crippen molar-refractivity contribution >= 4 is 20.9 Å². The molecular weight excluding hydrogens is 298 g/mol. The molecule has 1 aromatic heterocycles. The summed E-state index contributed by atoms with van der Waals surface area (Å²) in [6.07, 6.45) is 0. The summed E-state index contributed by atoms with van der Waals surface area (Å²) in [6.45, 7) is 2.33. The Labute approximate surface area is 119 Å². The largest absolute Gasteiger partial charge is 0.377 e. The van der Waals surface area contributed by atoms with E-state index in [1.165, 1.54) is 18.2 Å². The summed E-state index contributed by atoms with van der Waals surface area (Å²) < 4.78 is 32.2. The van der Waals surface area contributed by atoms with E-state index in [1.807, 2.05) is 0 Å². The summed E-state index contributed by atoms with van der Waals surface area (Å²) in [6, 6.07) is 3.96. The molecule has 0 unspecified atom stereocenters. The quantitative estimate of drug-likeness (QED) is 0.691. The summed E-state index contributed by atoms with van der Waals surface area (Å²) in [5, 5.41) is 0.104. The molecule has 0 bridgehead atoms. The maximum absolute atomic E-state index is 12.3. The second kappa shape index (κ2) is 4.52. The van der Waals surface area contributed by atoms with Gasteiger partial charge in [0.05, 0.1) is 34.6 Å². The average molecular weight is 311 g/mol. The topological polar surface area (TPSA) is 121 Å². The highest BCUT2D eigenvalue weighted by Gasteiger charge is 2.37. The van der Waals surface area contributed by atoms with E-state index in [0.717, 1.165) is 0 Å². The lowest BCUT2D eigenvalue weighted by Crippen LogP contribution is -2.59. The molecule has 0 atom stereocenters. The highest BCUT2D eigenvalue weighted by atomic mass is 32.2. The Bertz CT molecular complexity index is 924. The fraction of sp³-hybridized carbons (Fsp3) is 0.333. The molecule has 0 saturated carbocycles. The molecule has 0 amide bonds. The molecule has 3 N–H and O–H groups in total. The first-order valence-corrected chi connectivity index (χ1v) is 7.66. The van der Waals surface area contributed by atoms with Gasteiger partial charge in [0.1, 0.15) is 0 Å². The number of nitrogens with one attached hydrogen (secondary N) is 3. The first-order valence-electron chi connectivity index (χ1n) is 6.17. The zero-order valence-corrected chi connectivity index (χ0v) is 11.9. The molecule has 1 aliphatic rings. The van der Waals surface area contributed by atoms with Crippen molar-refractivity contribution < 1.29 is 13.2 Å². The number of sulfonamides is 1. The van der Waals surface area contributed by atoms with Gasteiger partial charge in [0.15, 0.2) is 0 Å². The van der Waals surface area contributed by atoms with Crippen LogP contribution in [0.5, 0.6) is 0 Å². The third kappa shape index (κ3) is 2.50. The second-order valence-corrected chi connectivity index (χ2v) is 6.96. The summed E-state index contributed by atoms with van der Waals surface area (Å²) in [5.74, 6) is 0. The van der Waals surface area contributed by atoms with Crippen LogP contribution in [0.15, 0.2) is 32.7 Å². The predicted octanol–water partition coefficient (Wildman–Crippen LogP) is -0.716. The molecule has 1 fully saturated rings. The number of aromatic amines is 2. The molecule has 1 saturated heterocycles. The van der Waals surface area contributed by atoms with Gasteiger partial charge in [-0.3, -0.25) is 9.78 Å². The number of fused-ring (bicyclic) bond motifs is 1. The van der Waals surface area contributed by atoms with Crippen molar-refractivity contribution in [3.63, 3.8) is 0 Å². The fourth-order valence-electron chi connectivity index (χ4n) is 2.16. The van der Waals surface area contributed by atoms with Crippen molar-refractivity contribution in [2.24, 2.45) is 0 Å². The van der Waals surface area contributed by atoms with Gasteiger partial charge in [0, 0.05) is 0 Å². The highest BCUT2D eigenvalue weighted by Crippen LogP contribution is 2.21. The summed E-state index contributed by atoms with van der Waals surface area (Å²) >= 11 is 0. The molecule has 0 radical (unpaired) electrons. The molecule has 9 heteroatoms. The van der Waals surface area contributed by atoms with Crippen LogP contribution in [0, 0.1) is 0 Å². The highest BCUT2D eigenvalue weighted by molar-refractivity contribution is 7.89. The van der Waals surface area contributed by atoms with E-state index < -0.39 is 26.8 Å². The van der Waals surface area contributed by atoms with Gasteiger partial charge < -0.3 is 9.72 Å². The van der Waals surface area contributed by atoms with Crippen LogP contribution in [0.4, 0.5) is 0 Å². The minimum Gasteiger partial charge on any atom is -0.377 e. The van der Waals surface area contributed by atoms with E-state index in [4.69, 9.17) is 4.74 Å². The molecule has 2 aromatic rings. The molecule has 21 heavy (non-hydrogen) atoms. The van der Waals surface area contributed by atoms with Crippen molar-refractivity contribution in [1.29, 1.82) is 0 Å². The smallest absolute Gasteiger partial charge is 0.326 e. The number of hydrogen-bond donors (Lipinski definition) is 3. The Hall–Kier alpha value is -1.97. The van der Waals surface area contributed by atoms with E-state index in [9.17, 15) is 18.0 Å². The number of rotatable bonds is 3. The van der Waals surface area contributed by atoms with Gasteiger partial charge in [-0.2, -0.15) is 0 Å². The molecule has 3 rings (SSSR count). The summed E-state index contributed by atoms with van der Waals surface area (Å²) in [4.78, 5) is 27.3. The molecule has 2 heterocycles. The van der Waals surface area contributed by atoms with Crippen molar-refractivity contribution in [3.8, 4) is 0 Å². The van der Waals surface area contributed by atoms with Gasteiger partial charge in [-0.15, -0.1) is 0 Å². The van der Waals surface area contributed by atoms with Gasteiger partial charge in [0.25, 0.3) is 5.56 Å². The standard InChI is InChI=1S/C12H13N3O5S/c1-12(5-20-6-12)15-21(18,19)7-2-3-9-8(4-7)10(16)14-11(17)13-9/h2-4,15H,5-6H2,1H3,(H2,13,14,16,17). The zero-order valence-electron chi connectivity index (χ0n) is 11.1. The number of ether oxygens (including phenoxy) is 1. The van der Waals surface area contributed by atoms with Crippen LogP contribution in [-0.2, 0) is 14.8 Å². The summed E-state index contributed by atoms with van der Waals surface area (Å²) in [7, 11) is -3.77. The number of H-pyrrole nitrogens is 2. The molecule has 8 nitrogen and oxygen atoms in total. The molecule has 1 aromatic carbocycles. The lowest BCUT2D eigenvalue weighted by molar-refractivity contribution is -0.0523. The first-order chi connectivity index (χ1) is 9.79. The minimum absolute atomic E-state index is 0.0410.